The van der Waals surface area contributed by atoms with E-state index in [1.807, 2.05) is 0 Å². The van der Waals surface area contributed by atoms with E-state index in [2.05, 4.69) is 38.2 Å². The first-order valence-electron chi connectivity index (χ1n) is 19.0. The summed E-state index contributed by atoms with van der Waals surface area (Å²) in [6, 6.07) is 0. The molecule has 0 spiro atoms. The van der Waals surface area contributed by atoms with Crippen molar-refractivity contribution in [2.75, 3.05) is 0 Å². The fourth-order valence-electron chi connectivity index (χ4n) is 5.80. The normalized spacial score (nSPS) is 14.3. The molecule has 0 heterocycles. The lowest BCUT2D eigenvalue weighted by Crippen LogP contribution is -2.37. The molecule has 0 saturated heterocycles. The molecule has 42 heavy (non-hydrogen) atoms. The zero-order chi connectivity index (χ0) is 30.8. The fraction of sp³-hybridized carbons (Fsp3) is 0.897. The van der Waals surface area contributed by atoms with Crippen LogP contribution in [0.2, 0.25) is 0 Å². The largest absolute Gasteiger partial charge is 0.390 e. The quantitative estimate of drug-likeness (QED) is 0.0514. The maximum atomic E-state index is 10.3. The minimum Gasteiger partial charge on any atom is -0.390 e. The second-order valence-corrected chi connectivity index (χ2v) is 13.1. The molecule has 250 valence electrons. The van der Waals surface area contributed by atoms with E-state index in [1.165, 1.54) is 154 Å². The average molecular weight is 593 g/mol. The number of aliphatic hydroxyl groups is 3. The third-order valence-electron chi connectivity index (χ3n) is 8.81. The Morgan fingerprint density at radius 3 is 0.857 bits per heavy atom. The summed E-state index contributed by atoms with van der Waals surface area (Å²) in [5.41, 5.74) is 0. The van der Waals surface area contributed by atoms with E-state index in [0.29, 0.717) is 12.8 Å². The first kappa shape index (κ1) is 41.4. The van der Waals surface area contributed by atoms with Gasteiger partial charge in [0.1, 0.15) is 6.10 Å². The summed E-state index contributed by atoms with van der Waals surface area (Å²) < 4.78 is 0. The van der Waals surface area contributed by atoms with E-state index in [9.17, 15) is 15.3 Å². The summed E-state index contributed by atoms with van der Waals surface area (Å²) >= 11 is 0. The van der Waals surface area contributed by atoms with E-state index in [0.717, 1.165) is 25.7 Å². The van der Waals surface area contributed by atoms with Gasteiger partial charge < -0.3 is 15.3 Å². The maximum Gasteiger partial charge on any atom is 0.106 e. The van der Waals surface area contributed by atoms with Crippen LogP contribution in [0, 0.1) is 0 Å². The van der Waals surface area contributed by atoms with Crippen molar-refractivity contribution in [2.24, 2.45) is 0 Å². The van der Waals surface area contributed by atoms with Gasteiger partial charge in [-0.2, -0.15) is 0 Å². The highest BCUT2D eigenvalue weighted by Gasteiger charge is 2.23. The summed E-state index contributed by atoms with van der Waals surface area (Å²) in [6.07, 6.45) is 43.5. The molecular formula is C39H76O3. The molecule has 0 saturated carbocycles. The zero-order valence-corrected chi connectivity index (χ0v) is 28.6. The first-order chi connectivity index (χ1) is 20.6. The molecule has 2 atom stereocenters. The number of allylic oxidation sites excluding steroid dienone is 4. The molecule has 0 radical (unpaired) electrons. The van der Waals surface area contributed by atoms with Crippen molar-refractivity contribution in [2.45, 2.75) is 225 Å². The fourth-order valence-corrected chi connectivity index (χ4v) is 5.80. The van der Waals surface area contributed by atoms with Crippen LogP contribution < -0.4 is 0 Å². The molecule has 3 N–H and O–H groups in total. The Labute approximate surface area is 264 Å². The Morgan fingerprint density at radius 2 is 0.571 bits per heavy atom. The van der Waals surface area contributed by atoms with Gasteiger partial charge in [-0.3, -0.25) is 0 Å². The third-order valence-corrected chi connectivity index (χ3v) is 8.81. The summed E-state index contributed by atoms with van der Waals surface area (Å²) in [5.74, 6) is 0. The molecule has 0 aromatic carbocycles. The van der Waals surface area contributed by atoms with Gasteiger partial charge in [0.25, 0.3) is 0 Å². The average Bonchev–Trinajstić information content (AvgIpc) is 3.00. The van der Waals surface area contributed by atoms with Crippen LogP contribution in [0.4, 0.5) is 0 Å². The predicted molar refractivity (Wildman–Crippen MR) is 186 cm³/mol. The molecule has 0 aromatic heterocycles. The number of hydrogen-bond donors (Lipinski definition) is 3. The number of aliphatic hydroxyl groups excluding tert-OH is 3. The van der Waals surface area contributed by atoms with Crippen LogP contribution in [0.5, 0.6) is 0 Å². The SMILES string of the molecule is CCCCCCCC/C=C\CCCCCCCCC(O)C(O)C(O)CCCCCCCC/C=C\CCCCCCCC. The summed E-state index contributed by atoms with van der Waals surface area (Å²) in [5, 5.41) is 31.0. The van der Waals surface area contributed by atoms with Crippen LogP contribution in [0.3, 0.4) is 0 Å². The van der Waals surface area contributed by atoms with Gasteiger partial charge in [0.15, 0.2) is 0 Å². The molecule has 0 aliphatic carbocycles. The van der Waals surface area contributed by atoms with Crippen LogP contribution in [0.15, 0.2) is 24.3 Å². The highest BCUT2D eigenvalue weighted by atomic mass is 16.4. The molecule has 0 aliphatic heterocycles. The van der Waals surface area contributed by atoms with E-state index in [-0.39, 0.29) is 0 Å². The summed E-state index contributed by atoms with van der Waals surface area (Å²) in [6.45, 7) is 4.54. The second kappa shape index (κ2) is 34.8. The Bertz CT molecular complexity index is 510. The van der Waals surface area contributed by atoms with Crippen molar-refractivity contribution in [3.8, 4) is 0 Å². The van der Waals surface area contributed by atoms with E-state index in [4.69, 9.17) is 0 Å². The molecule has 2 unspecified atom stereocenters. The topological polar surface area (TPSA) is 60.7 Å². The Morgan fingerprint density at radius 1 is 0.333 bits per heavy atom. The van der Waals surface area contributed by atoms with E-state index >= 15 is 0 Å². The molecule has 3 heteroatoms. The molecule has 0 aliphatic rings. The molecule has 0 amide bonds. The molecule has 0 rings (SSSR count). The van der Waals surface area contributed by atoms with Crippen molar-refractivity contribution >= 4 is 0 Å². The van der Waals surface area contributed by atoms with Crippen molar-refractivity contribution in [1.29, 1.82) is 0 Å². The second-order valence-electron chi connectivity index (χ2n) is 13.1. The molecule has 3 nitrogen and oxygen atoms in total. The molecule has 0 bridgehead atoms. The van der Waals surface area contributed by atoms with E-state index < -0.39 is 18.3 Å². The monoisotopic (exact) mass is 593 g/mol. The van der Waals surface area contributed by atoms with Crippen molar-refractivity contribution in [1.82, 2.24) is 0 Å². The van der Waals surface area contributed by atoms with E-state index in [1.54, 1.807) is 0 Å². The smallest absolute Gasteiger partial charge is 0.106 e. The van der Waals surface area contributed by atoms with Crippen molar-refractivity contribution in [3.05, 3.63) is 24.3 Å². The minimum absolute atomic E-state index is 0.590. The summed E-state index contributed by atoms with van der Waals surface area (Å²) in [4.78, 5) is 0. The lowest BCUT2D eigenvalue weighted by atomic mass is 9.97. The predicted octanol–water partition coefficient (Wildman–Crippen LogP) is 11.9. The van der Waals surface area contributed by atoms with Gasteiger partial charge in [0, 0.05) is 0 Å². The maximum absolute atomic E-state index is 10.3. The molecular weight excluding hydrogens is 516 g/mol. The minimum atomic E-state index is -1.00. The highest BCUT2D eigenvalue weighted by molar-refractivity contribution is 4.82. The zero-order valence-electron chi connectivity index (χ0n) is 28.6. The first-order valence-corrected chi connectivity index (χ1v) is 19.0. The highest BCUT2D eigenvalue weighted by Crippen LogP contribution is 2.17. The van der Waals surface area contributed by atoms with Crippen molar-refractivity contribution < 1.29 is 15.3 Å². The Balaban J connectivity index is 3.47. The molecule has 0 aromatic rings. The van der Waals surface area contributed by atoms with Gasteiger partial charge in [0.2, 0.25) is 0 Å². The summed E-state index contributed by atoms with van der Waals surface area (Å²) in [7, 11) is 0. The number of rotatable bonds is 34. The third kappa shape index (κ3) is 30.8. The van der Waals surface area contributed by atoms with Crippen molar-refractivity contribution in [3.63, 3.8) is 0 Å². The molecule has 0 fully saturated rings. The van der Waals surface area contributed by atoms with Gasteiger partial charge in [-0.25, -0.2) is 0 Å². The van der Waals surface area contributed by atoms with Crippen LogP contribution in [0.25, 0.3) is 0 Å². The Hall–Kier alpha value is -0.640. The van der Waals surface area contributed by atoms with Crippen LogP contribution in [-0.2, 0) is 0 Å². The van der Waals surface area contributed by atoms with Gasteiger partial charge in [-0.1, -0.05) is 167 Å². The van der Waals surface area contributed by atoms with Crippen LogP contribution >= 0.6 is 0 Å². The van der Waals surface area contributed by atoms with Gasteiger partial charge in [-0.15, -0.1) is 0 Å². The number of unbranched alkanes of at least 4 members (excludes halogenated alkanes) is 24. The Kier molecular flexibility index (Phi) is 34.3. The van der Waals surface area contributed by atoms with Crippen LogP contribution in [0.1, 0.15) is 206 Å². The van der Waals surface area contributed by atoms with Gasteiger partial charge in [0.05, 0.1) is 12.2 Å². The lowest BCUT2D eigenvalue weighted by Gasteiger charge is -2.23. The number of hydrogen-bond acceptors (Lipinski definition) is 3. The van der Waals surface area contributed by atoms with Crippen LogP contribution in [-0.4, -0.2) is 33.6 Å². The van der Waals surface area contributed by atoms with Gasteiger partial charge in [-0.05, 0) is 64.2 Å². The van der Waals surface area contributed by atoms with Gasteiger partial charge >= 0.3 is 0 Å². The lowest BCUT2D eigenvalue weighted by molar-refractivity contribution is -0.0653. The standard InChI is InChI=1S/C39H76O3/c1-3-5-7-9-11-13-15-17-19-21-23-25-27-29-31-33-35-37(40)39(42)38(41)36-34-32-30-28-26-24-22-20-18-16-14-12-10-8-6-4-2/h17-20,37-42H,3-16,21-36H2,1-2H3/b19-17-,20-18-.